The molecule has 2 N–H and O–H groups in total. The van der Waals surface area contributed by atoms with Gasteiger partial charge in [-0.25, -0.2) is 9.78 Å². The zero-order valence-electron chi connectivity index (χ0n) is 18.5. The Kier molecular flexibility index (Phi) is 8.33. The third-order valence-electron chi connectivity index (χ3n) is 5.14. The van der Waals surface area contributed by atoms with Gasteiger partial charge in [0.1, 0.15) is 11.9 Å². The van der Waals surface area contributed by atoms with Crippen molar-refractivity contribution in [1.29, 1.82) is 0 Å². The summed E-state index contributed by atoms with van der Waals surface area (Å²) in [5.74, 6) is 0.852. The van der Waals surface area contributed by atoms with Gasteiger partial charge in [-0.2, -0.15) is 11.8 Å². The summed E-state index contributed by atoms with van der Waals surface area (Å²) < 4.78 is 4.89. The summed E-state index contributed by atoms with van der Waals surface area (Å²) in [6.45, 7) is 2.78. The number of aromatic nitrogens is 2. The largest absolute Gasteiger partial charge is 0.467 e. The van der Waals surface area contributed by atoms with Gasteiger partial charge in [-0.15, -0.1) is 0 Å². The normalized spacial score (nSPS) is 11.6. The molecule has 3 aromatic rings. The Bertz CT molecular complexity index is 1020. The molecule has 1 amide bonds. The number of hydrogen-bond acceptors (Lipinski definition) is 6. The van der Waals surface area contributed by atoms with Gasteiger partial charge in [-0.1, -0.05) is 30.3 Å². The van der Waals surface area contributed by atoms with Gasteiger partial charge in [0.2, 0.25) is 0 Å². The number of carbonyl (C=O) groups excluding carboxylic acids is 2. The number of ether oxygens (including phenoxy) is 1. The molecule has 32 heavy (non-hydrogen) atoms. The van der Waals surface area contributed by atoms with E-state index >= 15 is 0 Å². The molecule has 1 atom stereocenters. The smallest absolute Gasteiger partial charge is 0.328 e. The van der Waals surface area contributed by atoms with Crippen molar-refractivity contribution in [3.8, 4) is 11.1 Å². The second-order valence-electron chi connectivity index (χ2n) is 7.11. The molecule has 0 saturated carbocycles. The van der Waals surface area contributed by atoms with Crippen LogP contribution in [0.2, 0.25) is 0 Å². The van der Waals surface area contributed by atoms with Crippen LogP contribution in [0.1, 0.15) is 23.7 Å². The predicted octanol–water partition coefficient (Wildman–Crippen LogP) is 4.26. The number of nitrogens with one attached hydrogen (secondary N) is 2. The maximum Gasteiger partial charge on any atom is 0.328 e. The standard InChI is InChI=1S/C24H28N4O3S/c1-4-28(22-15-25-16-26-22)18-10-11-19(20(14-18)17-8-6-5-7-9-17)23(29)27-21(12-13-32-3)24(30)31-2/h5-11,14-16,21H,4,12-13H2,1-3H3,(H,25,26)(H,27,29)/t21-/m0/s1. The van der Waals surface area contributed by atoms with Gasteiger partial charge in [-0.05, 0) is 54.7 Å². The Morgan fingerprint density at radius 2 is 2.00 bits per heavy atom. The Balaban J connectivity index is 1.99. The number of aromatic amines is 1. The zero-order chi connectivity index (χ0) is 22.9. The van der Waals surface area contributed by atoms with Gasteiger partial charge in [0.15, 0.2) is 0 Å². The lowest BCUT2D eigenvalue weighted by Crippen LogP contribution is -2.42. The van der Waals surface area contributed by atoms with Crippen LogP contribution in [-0.4, -0.2) is 53.5 Å². The lowest BCUT2D eigenvalue weighted by atomic mass is 9.97. The molecule has 0 spiro atoms. The van der Waals surface area contributed by atoms with Crippen LogP contribution >= 0.6 is 11.8 Å². The van der Waals surface area contributed by atoms with E-state index in [9.17, 15) is 9.59 Å². The molecule has 0 aliphatic carbocycles. The lowest BCUT2D eigenvalue weighted by molar-refractivity contribution is -0.142. The highest BCUT2D eigenvalue weighted by molar-refractivity contribution is 7.98. The number of carbonyl (C=O) groups is 2. The molecule has 1 heterocycles. The first kappa shape index (κ1) is 23.4. The first-order valence-electron chi connectivity index (χ1n) is 10.4. The van der Waals surface area contributed by atoms with Gasteiger partial charge in [0, 0.05) is 17.8 Å². The fourth-order valence-corrected chi connectivity index (χ4v) is 3.98. The third-order valence-corrected chi connectivity index (χ3v) is 5.78. The minimum absolute atomic E-state index is 0.309. The van der Waals surface area contributed by atoms with Crippen molar-refractivity contribution in [1.82, 2.24) is 15.3 Å². The number of benzene rings is 2. The van der Waals surface area contributed by atoms with Crippen LogP contribution in [0.3, 0.4) is 0 Å². The van der Waals surface area contributed by atoms with E-state index in [-0.39, 0.29) is 5.91 Å². The van der Waals surface area contributed by atoms with E-state index in [4.69, 9.17) is 4.74 Å². The topological polar surface area (TPSA) is 87.3 Å². The Labute approximate surface area is 192 Å². The first-order valence-corrected chi connectivity index (χ1v) is 11.8. The molecule has 0 bridgehead atoms. The first-order chi connectivity index (χ1) is 15.6. The van der Waals surface area contributed by atoms with E-state index in [1.54, 1.807) is 30.4 Å². The van der Waals surface area contributed by atoms with E-state index in [0.29, 0.717) is 12.0 Å². The van der Waals surface area contributed by atoms with Crippen molar-refractivity contribution < 1.29 is 14.3 Å². The highest BCUT2D eigenvalue weighted by atomic mass is 32.2. The monoisotopic (exact) mass is 452 g/mol. The number of H-pyrrole nitrogens is 1. The molecule has 0 unspecified atom stereocenters. The van der Waals surface area contributed by atoms with Gasteiger partial charge in [0.25, 0.3) is 5.91 Å². The molecule has 168 valence electrons. The number of amides is 1. The highest BCUT2D eigenvalue weighted by Crippen LogP contribution is 2.31. The minimum atomic E-state index is -0.694. The molecular weight excluding hydrogens is 424 g/mol. The highest BCUT2D eigenvalue weighted by Gasteiger charge is 2.24. The molecule has 8 heteroatoms. The quantitative estimate of drug-likeness (QED) is 0.447. The number of imidazole rings is 1. The van der Waals surface area contributed by atoms with Crippen LogP contribution in [-0.2, 0) is 9.53 Å². The second-order valence-corrected chi connectivity index (χ2v) is 8.09. The van der Waals surface area contributed by atoms with E-state index in [1.807, 2.05) is 48.7 Å². The summed E-state index contributed by atoms with van der Waals surface area (Å²) in [4.78, 5) is 34.8. The SMILES string of the molecule is CCN(c1ccc(C(=O)N[C@@H](CCSC)C(=O)OC)c(-c2ccccc2)c1)c1cnc[nH]1. The van der Waals surface area contributed by atoms with Crippen LogP contribution in [0, 0.1) is 0 Å². The molecular formula is C24H28N4O3S. The average molecular weight is 453 g/mol. The maximum absolute atomic E-state index is 13.3. The molecule has 0 saturated heterocycles. The number of thioether (sulfide) groups is 1. The van der Waals surface area contributed by atoms with Gasteiger partial charge < -0.3 is 19.9 Å². The number of nitrogens with zero attached hydrogens (tertiary/aromatic N) is 2. The van der Waals surface area contributed by atoms with Gasteiger partial charge >= 0.3 is 5.97 Å². The number of hydrogen-bond donors (Lipinski definition) is 2. The molecule has 7 nitrogen and oxygen atoms in total. The van der Waals surface area contributed by atoms with Gasteiger partial charge in [-0.3, -0.25) is 4.79 Å². The van der Waals surface area contributed by atoms with Crippen molar-refractivity contribution in [2.45, 2.75) is 19.4 Å². The van der Waals surface area contributed by atoms with E-state index in [2.05, 4.69) is 27.1 Å². The predicted molar refractivity (Wildman–Crippen MR) is 129 cm³/mol. The Morgan fingerprint density at radius 3 is 2.62 bits per heavy atom. The Morgan fingerprint density at radius 1 is 1.22 bits per heavy atom. The van der Waals surface area contributed by atoms with Crippen LogP contribution in [0.4, 0.5) is 11.5 Å². The average Bonchev–Trinajstić information content (AvgIpc) is 3.36. The summed E-state index contributed by atoms with van der Waals surface area (Å²) in [5, 5.41) is 2.86. The van der Waals surface area contributed by atoms with Crippen LogP contribution < -0.4 is 10.2 Å². The minimum Gasteiger partial charge on any atom is -0.467 e. The van der Waals surface area contributed by atoms with Crippen LogP contribution in [0.15, 0.2) is 61.1 Å². The van der Waals surface area contributed by atoms with E-state index in [1.165, 1.54) is 7.11 Å². The maximum atomic E-state index is 13.3. The second kappa shape index (κ2) is 11.4. The lowest BCUT2D eigenvalue weighted by Gasteiger charge is -2.23. The summed E-state index contributed by atoms with van der Waals surface area (Å²) in [6.07, 6.45) is 5.86. The van der Waals surface area contributed by atoms with Crippen LogP contribution in [0.25, 0.3) is 11.1 Å². The molecule has 0 aliphatic rings. The molecule has 2 aromatic carbocycles. The molecule has 0 fully saturated rings. The van der Waals surface area contributed by atoms with Gasteiger partial charge in [0.05, 0.1) is 19.6 Å². The van der Waals surface area contributed by atoms with Crippen molar-refractivity contribution in [2.24, 2.45) is 0 Å². The zero-order valence-corrected chi connectivity index (χ0v) is 19.3. The fourth-order valence-electron chi connectivity index (χ4n) is 3.51. The number of esters is 1. The van der Waals surface area contributed by atoms with E-state index < -0.39 is 12.0 Å². The molecule has 1 aromatic heterocycles. The van der Waals surface area contributed by atoms with Crippen LogP contribution in [0.5, 0.6) is 0 Å². The Hall–Kier alpha value is -3.26. The number of anilines is 2. The van der Waals surface area contributed by atoms with Crippen molar-refractivity contribution in [3.63, 3.8) is 0 Å². The molecule has 3 rings (SSSR count). The molecule has 0 radical (unpaired) electrons. The van der Waals surface area contributed by atoms with Crippen molar-refractivity contribution >= 4 is 35.1 Å². The summed E-state index contributed by atoms with van der Waals surface area (Å²) in [6, 6.07) is 14.7. The number of methoxy groups -OCH3 is 1. The van der Waals surface area contributed by atoms with Crippen molar-refractivity contribution in [3.05, 3.63) is 66.6 Å². The third kappa shape index (κ3) is 5.50. The van der Waals surface area contributed by atoms with E-state index in [0.717, 1.165) is 34.9 Å². The summed E-state index contributed by atoms with van der Waals surface area (Å²) in [5.41, 5.74) is 3.13. The molecule has 0 aliphatic heterocycles. The number of rotatable bonds is 10. The fraction of sp³-hybridized carbons (Fsp3) is 0.292. The summed E-state index contributed by atoms with van der Waals surface area (Å²) in [7, 11) is 1.33. The summed E-state index contributed by atoms with van der Waals surface area (Å²) >= 11 is 1.61. The van der Waals surface area contributed by atoms with Crippen molar-refractivity contribution in [2.75, 3.05) is 30.6 Å².